The van der Waals surface area contributed by atoms with Gasteiger partial charge in [-0.05, 0) is 49.8 Å². The van der Waals surface area contributed by atoms with Crippen LogP contribution in [0.5, 0.6) is 0 Å². The monoisotopic (exact) mass is 455 g/mol. The molecule has 2 aromatic rings. The highest BCUT2D eigenvalue weighted by Gasteiger charge is 2.30. The molecule has 1 fully saturated rings. The number of benzene rings is 1. The van der Waals surface area contributed by atoms with Gasteiger partial charge in [0.25, 0.3) is 0 Å². The predicted octanol–water partition coefficient (Wildman–Crippen LogP) is 3.62. The quantitative estimate of drug-likeness (QED) is 0.218. The summed E-state index contributed by atoms with van der Waals surface area (Å²) in [7, 11) is 0. The second-order valence-electron chi connectivity index (χ2n) is 7.99. The maximum atomic E-state index is 12.7. The Morgan fingerprint density at radius 2 is 2.12 bits per heavy atom. The number of carbonyl (C=O) groups is 2. The number of rotatable bonds is 10. The topological polar surface area (TPSA) is 132 Å². The second-order valence-corrected chi connectivity index (χ2v) is 8.85. The van der Waals surface area contributed by atoms with Crippen molar-refractivity contribution in [3.63, 3.8) is 0 Å². The van der Waals surface area contributed by atoms with E-state index in [9.17, 15) is 9.59 Å². The number of unbranched alkanes of at least 4 members (excludes halogenated alkanes) is 1. The Hall–Kier alpha value is -2.94. The third kappa shape index (κ3) is 6.53. The zero-order valence-electron chi connectivity index (χ0n) is 18.4. The van der Waals surface area contributed by atoms with Crippen LogP contribution in [0.25, 0.3) is 20.9 Å². The fourth-order valence-electron chi connectivity index (χ4n) is 3.76. The van der Waals surface area contributed by atoms with Gasteiger partial charge in [-0.3, -0.25) is 9.59 Å². The summed E-state index contributed by atoms with van der Waals surface area (Å²) in [5.74, 6) is -0.102. The Kier molecular flexibility index (Phi) is 8.61. The Morgan fingerprint density at radius 3 is 2.81 bits per heavy atom. The molecule has 0 bridgehead atoms. The van der Waals surface area contributed by atoms with Crippen molar-refractivity contribution in [2.75, 3.05) is 13.1 Å². The van der Waals surface area contributed by atoms with Crippen LogP contribution in [0.2, 0.25) is 0 Å². The Morgan fingerprint density at radius 1 is 1.34 bits per heavy atom. The molecule has 0 spiro atoms. The average Bonchev–Trinajstić information content (AvgIpc) is 3.42. The highest BCUT2D eigenvalue weighted by molar-refractivity contribution is 7.13. The molecule has 1 aliphatic rings. The van der Waals surface area contributed by atoms with Crippen LogP contribution in [0.1, 0.15) is 49.9 Å². The van der Waals surface area contributed by atoms with Crippen molar-refractivity contribution in [1.29, 1.82) is 0 Å². The van der Waals surface area contributed by atoms with E-state index in [0.717, 1.165) is 21.7 Å². The van der Waals surface area contributed by atoms with E-state index in [1.165, 1.54) is 0 Å². The molecule has 0 saturated carbocycles. The minimum Gasteiger partial charge on any atom is -0.352 e. The second kappa shape index (κ2) is 11.6. The first-order chi connectivity index (χ1) is 15.5. The molecule has 3 N–H and O–H groups in total. The zero-order chi connectivity index (χ0) is 22.9. The molecule has 10 heteroatoms. The molecule has 1 aliphatic heterocycles. The summed E-state index contributed by atoms with van der Waals surface area (Å²) >= 11 is 1.62. The van der Waals surface area contributed by atoms with Gasteiger partial charge in [0.1, 0.15) is 0 Å². The van der Waals surface area contributed by atoms with Crippen molar-refractivity contribution >= 4 is 23.2 Å². The van der Waals surface area contributed by atoms with E-state index in [4.69, 9.17) is 5.53 Å². The lowest BCUT2D eigenvalue weighted by Gasteiger charge is -2.18. The molecular formula is C22H29N7O2S. The van der Waals surface area contributed by atoms with Gasteiger partial charge >= 0.3 is 0 Å². The van der Waals surface area contributed by atoms with Gasteiger partial charge in [0, 0.05) is 30.5 Å². The minimum atomic E-state index is -0.327. The summed E-state index contributed by atoms with van der Waals surface area (Å²) in [5, 5.41) is 12.7. The average molecular weight is 456 g/mol. The molecule has 9 nitrogen and oxygen atoms in total. The molecule has 1 aromatic heterocycles. The van der Waals surface area contributed by atoms with E-state index in [2.05, 4.69) is 43.1 Å². The molecule has 2 amide bonds. The van der Waals surface area contributed by atoms with Gasteiger partial charge in [0.05, 0.1) is 28.2 Å². The summed E-state index contributed by atoms with van der Waals surface area (Å²) in [6.45, 7) is 4.94. The molecule has 170 valence electrons. The first kappa shape index (κ1) is 23.7. The zero-order valence-corrected chi connectivity index (χ0v) is 19.2. The standard InChI is InChI=1S/C22H29N7O2S/c1-14(16-6-8-17(9-7-16)21-15(2)25-13-32-21)27-22(31)19-11-18(12-24-19)28-20(30)5-3-4-10-26-29-23/h6-9,13-14,18-19,24H,3-5,10-12H2,1-2H3,(H,27,31)(H,28,30)/t14-,18+,19-/m0/s1. The lowest BCUT2D eigenvalue weighted by molar-refractivity contribution is -0.124. The van der Waals surface area contributed by atoms with Crippen LogP contribution < -0.4 is 16.0 Å². The van der Waals surface area contributed by atoms with Crippen molar-refractivity contribution in [2.45, 2.75) is 57.7 Å². The van der Waals surface area contributed by atoms with Crippen LogP contribution in [0.4, 0.5) is 0 Å². The summed E-state index contributed by atoms with van der Waals surface area (Å²) in [6.07, 6.45) is 2.32. The van der Waals surface area contributed by atoms with E-state index in [-0.39, 0.29) is 29.9 Å². The van der Waals surface area contributed by atoms with Crippen molar-refractivity contribution < 1.29 is 9.59 Å². The van der Waals surface area contributed by atoms with E-state index in [0.29, 0.717) is 38.8 Å². The number of hydrogen-bond acceptors (Lipinski definition) is 6. The van der Waals surface area contributed by atoms with E-state index in [1.54, 1.807) is 11.3 Å². The van der Waals surface area contributed by atoms with E-state index in [1.807, 2.05) is 31.5 Å². The molecule has 1 aromatic carbocycles. The van der Waals surface area contributed by atoms with Crippen molar-refractivity contribution in [2.24, 2.45) is 5.11 Å². The molecule has 0 radical (unpaired) electrons. The van der Waals surface area contributed by atoms with Crippen molar-refractivity contribution in [1.82, 2.24) is 20.9 Å². The van der Waals surface area contributed by atoms with Crippen LogP contribution in [-0.2, 0) is 9.59 Å². The molecule has 0 aliphatic carbocycles. The molecule has 0 unspecified atom stereocenters. The number of nitrogens with zero attached hydrogens (tertiary/aromatic N) is 4. The maximum absolute atomic E-state index is 12.7. The molecule has 2 heterocycles. The van der Waals surface area contributed by atoms with Gasteiger partial charge in [-0.15, -0.1) is 11.3 Å². The van der Waals surface area contributed by atoms with E-state index < -0.39 is 0 Å². The fraction of sp³-hybridized carbons (Fsp3) is 0.500. The van der Waals surface area contributed by atoms with Crippen molar-refractivity contribution in [3.8, 4) is 10.4 Å². The van der Waals surface area contributed by atoms with Crippen LogP contribution in [0, 0.1) is 6.92 Å². The van der Waals surface area contributed by atoms with Crippen LogP contribution >= 0.6 is 11.3 Å². The summed E-state index contributed by atoms with van der Waals surface area (Å²) in [4.78, 5) is 32.9. The number of aryl methyl sites for hydroxylation is 1. The number of amides is 2. The number of aromatic nitrogens is 1. The minimum absolute atomic E-state index is 0.0385. The van der Waals surface area contributed by atoms with Gasteiger partial charge in [0.2, 0.25) is 11.8 Å². The number of hydrogen-bond donors (Lipinski definition) is 3. The van der Waals surface area contributed by atoms with Gasteiger partial charge in [-0.2, -0.15) is 0 Å². The highest BCUT2D eigenvalue weighted by Crippen LogP contribution is 2.28. The normalized spacial score (nSPS) is 18.6. The maximum Gasteiger partial charge on any atom is 0.237 e. The lowest BCUT2D eigenvalue weighted by Crippen LogP contribution is -2.41. The third-order valence-corrected chi connectivity index (χ3v) is 6.54. The predicted molar refractivity (Wildman–Crippen MR) is 125 cm³/mol. The van der Waals surface area contributed by atoms with Crippen molar-refractivity contribution in [3.05, 3.63) is 51.5 Å². The molecule has 3 rings (SSSR count). The van der Waals surface area contributed by atoms with Crippen LogP contribution in [-0.4, -0.2) is 42.0 Å². The third-order valence-electron chi connectivity index (χ3n) is 5.56. The van der Waals surface area contributed by atoms with Gasteiger partial charge in [-0.1, -0.05) is 29.4 Å². The lowest BCUT2D eigenvalue weighted by atomic mass is 10.0. The Labute approximate surface area is 191 Å². The summed E-state index contributed by atoms with van der Waals surface area (Å²) in [6, 6.07) is 7.68. The first-order valence-electron chi connectivity index (χ1n) is 10.8. The first-order valence-corrected chi connectivity index (χ1v) is 11.7. The van der Waals surface area contributed by atoms with Gasteiger partial charge in [-0.25, -0.2) is 4.98 Å². The molecular weight excluding hydrogens is 426 g/mol. The van der Waals surface area contributed by atoms with Crippen LogP contribution in [0.3, 0.4) is 0 Å². The summed E-state index contributed by atoms with van der Waals surface area (Å²) in [5.41, 5.74) is 13.3. The SMILES string of the molecule is Cc1ncsc1-c1ccc([C@H](C)NC(=O)[C@@H]2C[C@@H](NC(=O)CCCCN=[N+]=[N-])CN2)cc1. The molecule has 32 heavy (non-hydrogen) atoms. The van der Waals surface area contributed by atoms with E-state index >= 15 is 0 Å². The Balaban J connectivity index is 1.43. The Bertz CT molecular complexity index is 969. The van der Waals surface area contributed by atoms with Crippen LogP contribution in [0.15, 0.2) is 34.9 Å². The highest BCUT2D eigenvalue weighted by atomic mass is 32.1. The van der Waals surface area contributed by atoms with Gasteiger partial charge < -0.3 is 16.0 Å². The smallest absolute Gasteiger partial charge is 0.237 e. The number of carbonyl (C=O) groups excluding carboxylic acids is 2. The van der Waals surface area contributed by atoms with Gasteiger partial charge in [0.15, 0.2) is 0 Å². The number of azide groups is 1. The molecule has 3 atom stereocenters. The largest absolute Gasteiger partial charge is 0.352 e. The molecule has 1 saturated heterocycles. The number of thiazole rings is 1. The number of nitrogens with one attached hydrogen (secondary N) is 3. The fourth-order valence-corrected chi connectivity index (χ4v) is 4.57. The summed E-state index contributed by atoms with van der Waals surface area (Å²) < 4.78 is 0.